The smallest absolute Gasteiger partial charge is 0.297 e. The zero-order valence-electron chi connectivity index (χ0n) is 16.0. The van der Waals surface area contributed by atoms with Gasteiger partial charge in [-0.2, -0.15) is 0 Å². The summed E-state index contributed by atoms with van der Waals surface area (Å²) in [5.74, 6) is 1.13. The fraction of sp³-hybridized carbons (Fsp3) is 0.190. The molecule has 30 heavy (non-hydrogen) atoms. The van der Waals surface area contributed by atoms with E-state index in [1.165, 1.54) is 16.3 Å². The highest BCUT2D eigenvalue weighted by Crippen LogP contribution is 2.34. The van der Waals surface area contributed by atoms with Crippen molar-refractivity contribution < 1.29 is 18.7 Å². The van der Waals surface area contributed by atoms with E-state index in [0.29, 0.717) is 40.0 Å². The van der Waals surface area contributed by atoms with Crippen LogP contribution in [0.3, 0.4) is 0 Å². The Kier molecular flexibility index (Phi) is 4.59. The Hall–Kier alpha value is -3.46. The second-order valence-corrected chi connectivity index (χ2v) is 7.57. The van der Waals surface area contributed by atoms with Gasteiger partial charge in [-0.15, -0.1) is 0 Å². The van der Waals surface area contributed by atoms with Gasteiger partial charge in [0.1, 0.15) is 11.1 Å². The molecule has 9 heteroatoms. The molecule has 0 spiro atoms. The maximum atomic E-state index is 12.9. The van der Waals surface area contributed by atoms with E-state index in [0.717, 1.165) is 5.39 Å². The number of thioether (sulfide) groups is 1. The first kappa shape index (κ1) is 18.6. The van der Waals surface area contributed by atoms with Gasteiger partial charge < -0.3 is 19.2 Å². The van der Waals surface area contributed by atoms with E-state index in [4.69, 9.17) is 13.9 Å². The number of aromatic nitrogens is 2. The van der Waals surface area contributed by atoms with E-state index in [-0.39, 0.29) is 29.6 Å². The fourth-order valence-corrected chi connectivity index (χ4v) is 4.20. The van der Waals surface area contributed by atoms with Crippen LogP contribution < -0.4 is 20.3 Å². The first-order chi connectivity index (χ1) is 14.6. The Morgan fingerprint density at radius 1 is 1.20 bits per heavy atom. The van der Waals surface area contributed by atoms with Crippen molar-refractivity contribution in [3.8, 4) is 11.5 Å². The minimum Gasteiger partial charge on any atom is -0.454 e. The number of carbonyl (C=O) groups is 1. The Bertz CT molecular complexity index is 1340. The van der Waals surface area contributed by atoms with Crippen LogP contribution >= 0.6 is 11.8 Å². The molecule has 0 fully saturated rings. The van der Waals surface area contributed by atoms with Crippen molar-refractivity contribution in [3.63, 3.8) is 0 Å². The predicted octanol–water partition coefficient (Wildman–Crippen LogP) is 3.62. The van der Waals surface area contributed by atoms with Crippen LogP contribution in [0.25, 0.3) is 22.1 Å². The number of nitrogens with zero attached hydrogens (tertiary/aromatic N) is 2. The SMILES string of the molecule is CCn1c(SCC(=O)Nc2ccc3c(c2)OCO3)nc2c(oc3ccccc32)c1=O. The first-order valence-electron chi connectivity index (χ1n) is 9.38. The number of rotatable bonds is 5. The second-order valence-electron chi connectivity index (χ2n) is 6.62. The second kappa shape index (κ2) is 7.42. The Morgan fingerprint density at radius 3 is 2.90 bits per heavy atom. The highest BCUT2D eigenvalue weighted by Gasteiger charge is 2.18. The quantitative estimate of drug-likeness (QED) is 0.387. The molecule has 0 saturated carbocycles. The average Bonchev–Trinajstić information content (AvgIpc) is 3.36. The largest absolute Gasteiger partial charge is 0.454 e. The molecule has 2 aromatic heterocycles. The van der Waals surface area contributed by atoms with Gasteiger partial charge in [-0.3, -0.25) is 14.2 Å². The lowest BCUT2D eigenvalue weighted by Crippen LogP contribution is -2.23. The summed E-state index contributed by atoms with van der Waals surface area (Å²) >= 11 is 1.21. The molecule has 1 amide bonds. The molecule has 0 radical (unpaired) electrons. The molecular formula is C21H17N3O5S. The van der Waals surface area contributed by atoms with E-state index >= 15 is 0 Å². The van der Waals surface area contributed by atoms with Crippen molar-refractivity contribution in [2.75, 3.05) is 17.9 Å². The number of anilines is 1. The van der Waals surface area contributed by atoms with Crippen LogP contribution in [0.15, 0.2) is 56.8 Å². The number of amides is 1. The van der Waals surface area contributed by atoms with Gasteiger partial charge in [0.2, 0.25) is 18.3 Å². The minimum atomic E-state index is -0.252. The summed E-state index contributed by atoms with van der Waals surface area (Å²) < 4.78 is 17.8. The number of fused-ring (bicyclic) bond motifs is 4. The van der Waals surface area contributed by atoms with Crippen LogP contribution in [0.1, 0.15) is 6.92 Å². The first-order valence-corrected chi connectivity index (χ1v) is 10.4. The fourth-order valence-electron chi connectivity index (χ4n) is 3.34. The lowest BCUT2D eigenvalue weighted by Gasteiger charge is -2.10. The third-order valence-corrected chi connectivity index (χ3v) is 5.73. The van der Waals surface area contributed by atoms with E-state index < -0.39 is 0 Å². The van der Waals surface area contributed by atoms with Crippen molar-refractivity contribution in [1.29, 1.82) is 0 Å². The van der Waals surface area contributed by atoms with Crippen molar-refractivity contribution in [2.24, 2.45) is 0 Å². The number of nitrogens with one attached hydrogen (secondary N) is 1. The van der Waals surface area contributed by atoms with Crippen molar-refractivity contribution >= 4 is 45.4 Å². The van der Waals surface area contributed by atoms with Crippen LogP contribution in [0.2, 0.25) is 0 Å². The molecule has 0 aliphatic carbocycles. The number of para-hydroxylation sites is 1. The van der Waals surface area contributed by atoms with Gasteiger partial charge in [0.05, 0.1) is 5.75 Å². The van der Waals surface area contributed by atoms with Gasteiger partial charge >= 0.3 is 0 Å². The van der Waals surface area contributed by atoms with Gasteiger partial charge in [0, 0.05) is 23.7 Å². The van der Waals surface area contributed by atoms with E-state index in [1.54, 1.807) is 24.3 Å². The van der Waals surface area contributed by atoms with Crippen LogP contribution in [0.5, 0.6) is 11.5 Å². The normalized spacial score (nSPS) is 12.6. The Balaban J connectivity index is 1.40. The van der Waals surface area contributed by atoms with E-state index in [2.05, 4.69) is 10.3 Å². The molecule has 0 unspecified atom stereocenters. The Labute approximate surface area is 174 Å². The molecule has 1 aliphatic heterocycles. The van der Waals surface area contributed by atoms with Crippen LogP contribution in [-0.4, -0.2) is 28.0 Å². The van der Waals surface area contributed by atoms with Gasteiger partial charge in [-0.25, -0.2) is 4.98 Å². The number of hydrogen-bond acceptors (Lipinski definition) is 7. The molecule has 1 N–H and O–H groups in total. The van der Waals surface area contributed by atoms with Gasteiger partial charge in [0.15, 0.2) is 16.7 Å². The zero-order chi connectivity index (χ0) is 20.7. The topological polar surface area (TPSA) is 95.6 Å². The summed E-state index contributed by atoms with van der Waals surface area (Å²) in [5.41, 5.74) is 1.72. The number of hydrogen-bond donors (Lipinski definition) is 1. The summed E-state index contributed by atoms with van der Waals surface area (Å²) in [4.78, 5) is 30.0. The van der Waals surface area contributed by atoms with Crippen molar-refractivity contribution in [2.45, 2.75) is 18.6 Å². The van der Waals surface area contributed by atoms with Crippen molar-refractivity contribution in [3.05, 3.63) is 52.8 Å². The van der Waals surface area contributed by atoms with Crippen molar-refractivity contribution in [1.82, 2.24) is 9.55 Å². The van der Waals surface area contributed by atoms with Crippen LogP contribution in [-0.2, 0) is 11.3 Å². The highest BCUT2D eigenvalue weighted by molar-refractivity contribution is 7.99. The van der Waals surface area contributed by atoms with E-state index in [9.17, 15) is 9.59 Å². The van der Waals surface area contributed by atoms with Gasteiger partial charge in [-0.1, -0.05) is 23.9 Å². The molecule has 5 rings (SSSR count). The number of benzene rings is 2. The molecular weight excluding hydrogens is 406 g/mol. The zero-order valence-corrected chi connectivity index (χ0v) is 16.8. The maximum Gasteiger partial charge on any atom is 0.297 e. The summed E-state index contributed by atoms with van der Waals surface area (Å²) in [6.45, 7) is 2.45. The molecule has 0 atom stereocenters. The standard InChI is InChI=1S/C21H17N3O5S/c1-2-24-20(26)19-18(13-5-3-4-6-14(13)29-19)23-21(24)30-10-17(25)22-12-7-8-15-16(9-12)28-11-27-15/h3-9H,2,10-11H2,1H3,(H,22,25). The molecule has 1 aliphatic rings. The summed E-state index contributed by atoms with van der Waals surface area (Å²) in [7, 11) is 0. The molecule has 8 nitrogen and oxygen atoms in total. The number of ether oxygens (including phenoxy) is 2. The van der Waals surface area contributed by atoms with Crippen LogP contribution in [0.4, 0.5) is 5.69 Å². The third kappa shape index (κ3) is 3.17. The van der Waals surface area contributed by atoms with E-state index in [1.807, 2.05) is 25.1 Å². The predicted molar refractivity (Wildman–Crippen MR) is 113 cm³/mol. The Morgan fingerprint density at radius 2 is 2.03 bits per heavy atom. The minimum absolute atomic E-state index is 0.0994. The summed E-state index contributed by atoms with van der Waals surface area (Å²) in [5, 5.41) is 4.08. The molecule has 2 aromatic carbocycles. The average molecular weight is 423 g/mol. The summed E-state index contributed by atoms with van der Waals surface area (Å²) in [6, 6.07) is 12.6. The molecule has 0 saturated heterocycles. The lowest BCUT2D eigenvalue weighted by molar-refractivity contribution is -0.113. The molecule has 4 aromatic rings. The number of furan rings is 1. The molecule has 152 valence electrons. The highest BCUT2D eigenvalue weighted by atomic mass is 32.2. The number of carbonyl (C=O) groups excluding carboxylic acids is 1. The molecule has 3 heterocycles. The monoisotopic (exact) mass is 423 g/mol. The van der Waals surface area contributed by atoms with Crippen LogP contribution in [0, 0.1) is 0 Å². The molecule has 0 bridgehead atoms. The maximum absolute atomic E-state index is 12.9. The van der Waals surface area contributed by atoms with Gasteiger partial charge in [0.25, 0.3) is 5.56 Å². The third-order valence-electron chi connectivity index (χ3n) is 4.75. The summed E-state index contributed by atoms with van der Waals surface area (Å²) in [6.07, 6.45) is 0. The lowest BCUT2D eigenvalue weighted by atomic mass is 10.2. The van der Waals surface area contributed by atoms with Gasteiger partial charge in [-0.05, 0) is 31.2 Å².